The third-order valence-corrected chi connectivity index (χ3v) is 2.85. The molecule has 0 aromatic rings. The van der Waals surface area contributed by atoms with Gasteiger partial charge in [-0.1, -0.05) is 19.8 Å². The minimum absolute atomic E-state index is 0.436. The molecule has 0 amide bonds. The first kappa shape index (κ1) is 12.0. The van der Waals surface area contributed by atoms with Crippen LogP contribution in [0.1, 0.15) is 39.0 Å². The molecular weight excluding hydrogens is 176 g/mol. The molecular formula is C11H24N2O. The minimum Gasteiger partial charge on any atom is -0.377 e. The van der Waals surface area contributed by atoms with E-state index in [9.17, 15) is 0 Å². The molecule has 1 aliphatic heterocycles. The van der Waals surface area contributed by atoms with Gasteiger partial charge in [-0.15, -0.1) is 0 Å². The lowest BCUT2D eigenvalue weighted by atomic mass is 10.1. The quantitative estimate of drug-likeness (QED) is 0.650. The summed E-state index contributed by atoms with van der Waals surface area (Å²) in [5.41, 5.74) is 5.69. The van der Waals surface area contributed by atoms with Gasteiger partial charge in [-0.05, 0) is 19.3 Å². The highest BCUT2D eigenvalue weighted by atomic mass is 16.5. The van der Waals surface area contributed by atoms with Gasteiger partial charge in [0.05, 0.1) is 6.10 Å². The van der Waals surface area contributed by atoms with Crippen LogP contribution >= 0.6 is 0 Å². The van der Waals surface area contributed by atoms with Crippen molar-refractivity contribution in [3.63, 3.8) is 0 Å². The molecule has 2 atom stereocenters. The zero-order chi connectivity index (χ0) is 10.2. The Morgan fingerprint density at radius 1 is 1.57 bits per heavy atom. The summed E-state index contributed by atoms with van der Waals surface area (Å²) >= 11 is 0. The van der Waals surface area contributed by atoms with E-state index < -0.39 is 0 Å². The van der Waals surface area contributed by atoms with E-state index >= 15 is 0 Å². The Morgan fingerprint density at radius 3 is 3.00 bits per heavy atom. The van der Waals surface area contributed by atoms with Gasteiger partial charge in [-0.3, -0.25) is 0 Å². The van der Waals surface area contributed by atoms with Crippen molar-refractivity contribution in [2.75, 3.05) is 19.7 Å². The Bertz CT molecular complexity index is 135. The number of nitrogens with two attached hydrogens (primary N) is 1. The highest BCUT2D eigenvalue weighted by Gasteiger charge is 2.16. The topological polar surface area (TPSA) is 47.3 Å². The van der Waals surface area contributed by atoms with Crippen molar-refractivity contribution in [3.8, 4) is 0 Å². The second-order valence-corrected chi connectivity index (χ2v) is 4.12. The molecule has 0 radical (unpaired) electrons. The highest BCUT2D eigenvalue weighted by molar-refractivity contribution is 4.73. The van der Waals surface area contributed by atoms with Crippen LogP contribution in [0.25, 0.3) is 0 Å². The Morgan fingerprint density at radius 2 is 2.43 bits per heavy atom. The molecule has 1 rings (SSSR count). The summed E-state index contributed by atoms with van der Waals surface area (Å²) in [5, 5.41) is 3.50. The lowest BCUT2D eigenvalue weighted by Crippen LogP contribution is -2.40. The van der Waals surface area contributed by atoms with Gasteiger partial charge < -0.3 is 15.8 Å². The van der Waals surface area contributed by atoms with Crippen molar-refractivity contribution in [3.05, 3.63) is 0 Å². The zero-order valence-corrected chi connectivity index (χ0v) is 9.30. The lowest BCUT2D eigenvalue weighted by molar-refractivity contribution is 0.107. The normalized spacial score (nSPS) is 24.0. The van der Waals surface area contributed by atoms with Crippen LogP contribution in [-0.2, 0) is 4.74 Å². The maximum Gasteiger partial charge on any atom is 0.0700 e. The highest BCUT2D eigenvalue weighted by Crippen LogP contribution is 2.11. The van der Waals surface area contributed by atoms with E-state index in [1.807, 2.05) is 0 Å². The van der Waals surface area contributed by atoms with Gasteiger partial charge in [0.2, 0.25) is 0 Å². The van der Waals surface area contributed by atoms with Crippen molar-refractivity contribution < 1.29 is 4.74 Å². The molecule has 0 bridgehead atoms. The molecule has 3 nitrogen and oxygen atoms in total. The maximum atomic E-state index is 5.69. The first-order valence-corrected chi connectivity index (χ1v) is 5.91. The van der Waals surface area contributed by atoms with Gasteiger partial charge in [0, 0.05) is 25.7 Å². The SMILES string of the molecule is CCCCC(CN)NCC1CCCO1. The van der Waals surface area contributed by atoms with E-state index in [0.29, 0.717) is 12.1 Å². The minimum atomic E-state index is 0.436. The van der Waals surface area contributed by atoms with Gasteiger partial charge in [-0.25, -0.2) is 0 Å². The summed E-state index contributed by atoms with van der Waals surface area (Å²) < 4.78 is 5.55. The summed E-state index contributed by atoms with van der Waals surface area (Å²) in [6.07, 6.45) is 6.57. The predicted octanol–water partition coefficient (Wildman–Crippen LogP) is 1.27. The first-order chi connectivity index (χ1) is 6.86. The Kier molecular flexibility index (Phi) is 6.15. The summed E-state index contributed by atoms with van der Waals surface area (Å²) in [6, 6.07) is 0.485. The molecule has 84 valence electrons. The molecule has 2 unspecified atom stereocenters. The van der Waals surface area contributed by atoms with Crippen molar-refractivity contribution in [1.29, 1.82) is 0 Å². The molecule has 3 N–H and O–H groups in total. The van der Waals surface area contributed by atoms with Crippen LogP contribution < -0.4 is 11.1 Å². The van der Waals surface area contributed by atoms with E-state index in [2.05, 4.69) is 12.2 Å². The van der Waals surface area contributed by atoms with E-state index in [-0.39, 0.29) is 0 Å². The van der Waals surface area contributed by atoms with Crippen LogP contribution in [-0.4, -0.2) is 31.8 Å². The number of rotatable bonds is 7. The van der Waals surface area contributed by atoms with Gasteiger partial charge in [-0.2, -0.15) is 0 Å². The molecule has 1 heterocycles. The third-order valence-electron chi connectivity index (χ3n) is 2.85. The van der Waals surface area contributed by atoms with Crippen molar-refractivity contribution in [2.45, 2.75) is 51.2 Å². The fourth-order valence-corrected chi connectivity index (χ4v) is 1.86. The number of ether oxygens (including phenoxy) is 1. The van der Waals surface area contributed by atoms with Gasteiger partial charge in [0.1, 0.15) is 0 Å². The van der Waals surface area contributed by atoms with Crippen LogP contribution in [0.3, 0.4) is 0 Å². The number of hydrogen-bond acceptors (Lipinski definition) is 3. The van der Waals surface area contributed by atoms with Gasteiger partial charge in [0.25, 0.3) is 0 Å². The average Bonchev–Trinajstić information content (AvgIpc) is 2.71. The number of hydrogen-bond donors (Lipinski definition) is 2. The maximum absolute atomic E-state index is 5.69. The van der Waals surface area contributed by atoms with E-state index in [4.69, 9.17) is 10.5 Å². The fourth-order valence-electron chi connectivity index (χ4n) is 1.86. The summed E-state index contributed by atoms with van der Waals surface area (Å²) in [6.45, 7) is 4.88. The number of nitrogens with one attached hydrogen (secondary N) is 1. The predicted molar refractivity (Wildman–Crippen MR) is 59.3 cm³/mol. The molecule has 0 spiro atoms. The van der Waals surface area contributed by atoms with Gasteiger partial charge in [0.15, 0.2) is 0 Å². The molecule has 0 aromatic heterocycles. The molecule has 14 heavy (non-hydrogen) atoms. The van der Waals surface area contributed by atoms with Gasteiger partial charge >= 0.3 is 0 Å². The monoisotopic (exact) mass is 200 g/mol. The van der Waals surface area contributed by atoms with Crippen LogP contribution in [0.4, 0.5) is 0 Å². The lowest BCUT2D eigenvalue weighted by Gasteiger charge is -2.18. The Labute approximate surface area is 87.4 Å². The first-order valence-electron chi connectivity index (χ1n) is 5.91. The fraction of sp³-hybridized carbons (Fsp3) is 1.00. The number of unbranched alkanes of at least 4 members (excludes halogenated alkanes) is 1. The average molecular weight is 200 g/mol. The Balaban J connectivity index is 2.06. The zero-order valence-electron chi connectivity index (χ0n) is 9.30. The van der Waals surface area contributed by atoms with Crippen LogP contribution in [0, 0.1) is 0 Å². The molecule has 0 aliphatic carbocycles. The second kappa shape index (κ2) is 7.21. The molecule has 1 saturated heterocycles. The van der Waals surface area contributed by atoms with Crippen LogP contribution in [0.15, 0.2) is 0 Å². The molecule has 3 heteroatoms. The van der Waals surface area contributed by atoms with Crippen molar-refractivity contribution in [2.24, 2.45) is 5.73 Å². The van der Waals surface area contributed by atoms with Crippen molar-refractivity contribution >= 4 is 0 Å². The summed E-state index contributed by atoms with van der Waals surface area (Å²) in [7, 11) is 0. The second-order valence-electron chi connectivity index (χ2n) is 4.12. The molecule has 0 aromatic carbocycles. The molecule has 1 aliphatic rings. The van der Waals surface area contributed by atoms with E-state index in [1.54, 1.807) is 0 Å². The van der Waals surface area contributed by atoms with Crippen LogP contribution in [0.2, 0.25) is 0 Å². The van der Waals surface area contributed by atoms with E-state index in [1.165, 1.54) is 32.1 Å². The van der Waals surface area contributed by atoms with E-state index in [0.717, 1.165) is 19.7 Å². The molecule has 0 saturated carbocycles. The standard InChI is InChI=1S/C11H24N2O/c1-2-3-5-10(8-12)13-9-11-6-4-7-14-11/h10-11,13H,2-9,12H2,1H3. The van der Waals surface area contributed by atoms with Crippen molar-refractivity contribution in [1.82, 2.24) is 5.32 Å². The molecule has 1 fully saturated rings. The Hall–Kier alpha value is -0.120. The third kappa shape index (κ3) is 4.40. The largest absolute Gasteiger partial charge is 0.377 e. The summed E-state index contributed by atoms with van der Waals surface area (Å²) in [5.74, 6) is 0. The van der Waals surface area contributed by atoms with Crippen LogP contribution in [0.5, 0.6) is 0 Å². The smallest absolute Gasteiger partial charge is 0.0700 e. The summed E-state index contributed by atoms with van der Waals surface area (Å²) in [4.78, 5) is 0.